The van der Waals surface area contributed by atoms with Crippen LogP contribution in [0, 0.1) is 0 Å². The summed E-state index contributed by atoms with van der Waals surface area (Å²) in [4.78, 5) is 19.3. The minimum absolute atomic E-state index is 0.0132. The summed E-state index contributed by atoms with van der Waals surface area (Å²) in [5, 5.41) is 4.32. The third-order valence-corrected chi connectivity index (χ3v) is 9.57. The van der Waals surface area contributed by atoms with Crippen LogP contribution in [0.2, 0.25) is 10.0 Å². The van der Waals surface area contributed by atoms with E-state index in [0.717, 1.165) is 22.7 Å². The highest BCUT2D eigenvalue weighted by molar-refractivity contribution is 6.42. The minimum atomic E-state index is -5.02. The Kier molecular flexibility index (Phi) is 11.7. The van der Waals surface area contributed by atoms with Crippen molar-refractivity contribution in [2.75, 3.05) is 43.6 Å². The highest BCUT2D eigenvalue weighted by Gasteiger charge is 2.37. The van der Waals surface area contributed by atoms with Crippen molar-refractivity contribution in [2.45, 2.75) is 64.4 Å². The van der Waals surface area contributed by atoms with Gasteiger partial charge in [0, 0.05) is 37.8 Å². The molecule has 1 aromatic heterocycles. The van der Waals surface area contributed by atoms with E-state index in [2.05, 4.69) is 14.6 Å². The number of nitrogens with two attached hydrogens (primary N) is 1. The van der Waals surface area contributed by atoms with Gasteiger partial charge in [0.15, 0.2) is 5.75 Å². The number of carbonyl (C=O) groups is 1. The quantitative estimate of drug-likeness (QED) is 0.127. The van der Waals surface area contributed by atoms with Crippen LogP contribution in [-0.2, 0) is 17.7 Å². The molecular formula is C35H40Cl2F3N5O4. The molecular weight excluding hydrogens is 682 g/mol. The number of nitrogens with one attached hydrogen (secondary N) is 1. The molecule has 1 aliphatic heterocycles. The average molecular weight is 723 g/mol. The van der Waals surface area contributed by atoms with Crippen LogP contribution in [0.25, 0.3) is 11.0 Å². The summed E-state index contributed by atoms with van der Waals surface area (Å²) in [6, 6.07) is 14.1. The van der Waals surface area contributed by atoms with Gasteiger partial charge in [-0.2, -0.15) is 0 Å². The fourth-order valence-corrected chi connectivity index (χ4v) is 6.80. The number of piperidine rings is 1. The molecule has 1 amide bonds. The predicted molar refractivity (Wildman–Crippen MR) is 186 cm³/mol. The monoisotopic (exact) mass is 721 g/mol. The Morgan fingerprint density at radius 3 is 2.47 bits per heavy atom. The number of halogens is 5. The molecule has 1 saturated heterocycles. The first-order valence-corrected chi connectivity index (χ1v) is 17.0. The molecule has 49 heavy (non-hydrogen) atoms. The Morgan fingerprint density at radius 1 is 1.10 bits per heavy atom. The number of fused-ring (bicyclic) bond motifs is 1. The molecule has 14 heteroatoms. The maximum Gasteiger partial charge on any atom is 0.573 e. The first-order valence-electron chi connectivity index (χ1n) is 16.2. The van der Waals surface area contributed by atoms with Crippen molar-refractivity contribution in [3.63, 3.8) is 0 Å². The second-order valence-corrected chi connectivity index (χ2v) is 12.7. The zero-order chi connectivity index (χ0) is 35.3. The third kappa shape index (κ3) is 8.48. The van der Waals surface area contributed by atoms with E-state index in [0.29, 0.717) is 73.7 Å². The molecule has 0 bridgehead atoms. The Morgan fingerprint density at radius 2 is 1.84 bits per heavy atom. The first-order chi connectivity index (χ1) is 23.4. The maximum atomic E-state index is 13.9. The standard InChI is InChI=1S/C35H40Cl2F3N5O4/c1-4-21(22-10-11-26(36)27(37)19-22)18-24-31(30(49-35(38,39)40)20-25(33(41)46)32(24)47-3)44-14-12-23(13-15-44)42-34-43-28-8-6-7-9-29(28)45(34)16-17-48-5-2/h6-11,19-21,23H,4-5,12-18H2,1-3H3,(H2,41,46)(H,42,43). The SMILES string of the molecule is CCOCCn1c(NC2CCN(c3c(OC(F)(F)F)cc(C(N)=O)c(OC)c3CC(CC)c3ccc(Cl)c(Cl)c3)CC2)nc2ccccc21. The van der Waals surface area contributed by atoms with Gasteiger partial charge in [0.25, 0.3) is 5.91 Å². The summed E-state index contributed by atoms with van der Waals surface area (Å²) in [6.45, 7) is 6.43. The number of hydrogen-bond donors (Lipinski definition) is 2. The van der Waals surface area contributed by atoms with Crippen LogP contribution in [0.1, 0.15) is 60.5 Å². The first kappa shape index (κ1) is 36.4. The van der Waals surface area contributed by atoms with Gasteiger partial charge in [-0.3, -0.25) is 4.79 Å². The van der Waals surface area contributed by atoms with E-state index in [1.165, 1.54) is 7.11 Å². The molecule has 2 heterocycles. The van der Waals surface area contributed by atoms with Gasteiger partial charge in [-0.1, -0.05) is 48.3 Å². The Bertz CT molecular complexity index is 1780. The smallest absolute Gasteiger partial charge is 0.496 e. The molecule has 5 rings (SSSR count). The number of alkyl halides is 3. The van der Waals surface area contributed by atoms with Crippen molar-refractivity contribution in [1.29, 1.82) is 0 Å². The number of carbonyl (C=O) groups excluding carboxylic acids is 1. The number of primary amides is 1. The fourth-order valence-electron chi connectivity index (χ4n) is 6.49. The lowest BCUT2D eigenvalue weighted by Gasteiger charge is -2.37. The number of para-hydroxylation sites is 2. The van der Waals surface area contributed by atoms with Gasteiger partial charge in [0.05, 0.1) is 46.0 Å². The Balaban J connectivity index is 1.50. The number of imidazole rings is 1. The fraction of sp³-hybridized carbons (Fsp3) is 0.429. The van der Waals surface area contributed by atoms with Gasteiger partial charge in [0.2, 0.25) is 5.95 Å². The number of aromatic nitrogens is 2. The van der Waals surface area contributed by atoms with Gasteiger partial charge in [-0.15, -0.1) is 13.2 Å². The normalized spacial score (nSPS) is 14.7. The summed E-state index contributed by atoms with van der Waals surface area (Å²) in [6.07, 6.45) is -3.03. The Hall–Kier alpha value is -3.87. The van der Waals surface area contributed by atoms with Crippen LogP contribution >= 0.6 is 23.2 Å². The van der Waals surface area contributed by atoms with E-state index < -0.39 is 18.0 Å². The molecule has 1 unspecified atom stereocenters. The van der Waals surface area contributed by atoms with Crippen LogP contribution in [-0.4, -0.2) is 61.3 Å². The van der Waals surface area contributed by atoms with Gasteiger partial charge in [0.1, 0.15) is 5.75 Å². The van der Waals surface area contributed by atoms with Crippen LogP contribution in [0.4, 0.5) is 24.8 Å². The highest BCUT2D eigenvalue weighted by Crippen LogP contribution is 2.46. The number of anilines is 2. The van der Waals surface area contributed by atoms with E-state index in [1.807, 2.05) is 49.1 Å². The van der Waals surface area contributed by atoms with Crippen molar-refractivity contribution >= 4 is 51.8 Å². The summed E-state index contributed by atoms with van der Waals surface area (Å²) >= 11 is 12.5. The number of methoxy groups -OCH3 is 1. The summed E-state index contributed by atoms with van der Waals surface area (Å²) in [5.74, 6) is -0.840. The van der Waals surface area contributed by atoms with Gasteiger partial charge >= 0.3 is 6.36 Å². The van der Waals surface area contributed by atoms with Crippen molar-refractivity contribution in [1.82, 2.24) is 9.55 Å². The molecule has 9 nitrogen and oxygen atoms in total. The number of nitrogens with zero attached hydrogens (tertiary/aromatic N) is 3. The number of benzene rings is 3. The molecule has 264 valence electrons. The van der Waals surface area contributed by atoms with Crippen LogP contribution < -0.4 is 25.4 Å². The number of hydrogen-bond acceptors (Lipinski definition) is 7. The molecule has 1 fully saturated rings. The molecule has 0 saturated carbocycles. The molecule has 0 radical (unpaired) electrons. The zero-order valence-corrected chi connectivity index (χ0v) is 29.1. The van der Waals surface area contributed by atoms with Crippen molar-refractivity contribution in [3.05, 3.63) is 75.3 Å². The second kappa shape index (κ2) is 15.8. The largest absolute Gasteiger partial charge is 0.573 e. The summed E-state index contributed by atoms with van der Waals surface area (Å²) < 4.78 is 59.8. The lowest BCUT2D eigenvalue weighted by molar-refractivity contribution is -0.274. The lowest BCUT2D eigenvalue weighted by Crippen LogP contribution is -2.40. The second-order valence-electron chi connectivity index (χ2n) is 11.9. The van der Waals surface area contributed by atoms with Crippen molar-refractivity contribution in [2.24, 2.45) is 5.73 Å². The van der Waals surface area contributed by atoms with E-state index in [9.17, 15) is 18.0 Å². The minimum Gasteiger partial charge on any atom is -0.496 e. The van der Waals surface area contributed by atoms with Crippen LogP contribution in [0.5, 0.6) is 11.5 Å². The van der Waals surface area contributed by atoms with E-state index in [1.54, 1.807) is 12.1 Å². The summed E-state index contributed by atoms with van der Waals surface area (Å²) in [7, 11) is 1.37. The average Bonchev–Trinajstić information content (AvgIpc) is 3.41. The molecule has 1 aliphatic rings. The summed E-state index contributed by atoms with van der Waals surface area (Å²) in [5.41, 5.74) is 8.74. The molecule has 0 spiro atoms. The lowest BCUT2D eigenvalue weighted by atomic mass is 9.87. The molecule has 0 aliphatic carbocycles. The van der Waals surface area contributed by atoms with Crippen molar-refractivity contribution in [3.8, 4) is 11.5 Å². The number of ether oxygens (including phenoxy) is 3. The van der Waals surface area contributed by atoms with Crippen molar-refractivity contribution < 1.29 is 32.2 Å². The molecule has 1 atom stereocenters. The zero-order valence-electron chi connectivity index (χ0n) is 27.6. The number of amides is 1. The van der Waals surface area contributed by atoms with Crippen LogP contribution in [0.3, 0.4) is 0 Å². The predicted octanol–water partition coefficient (Wildman–Crippen LogP) is 8.20. The third-order valence-electron chi connectivity index (χ3n) is 8.83. The molecule has 3 N–H and O–H groups in total. The highest BCUT2D eigenvalue weighted by atomic mass is 35.5. The van der Waals surface area contributed by atoms with E-state index in [4.69, 9.17) is 43.4 Å². The van der Waals surface area contributed by atoms with Gasteiger partial charge in [-0.05, 0) is 74.4 Å². The topological polar surface area (TPSA) is 104 Å². The van der Waals surface area contributed by atoms with Gasteiger partial charge in [-0.25, -0.2) is 4.98 Å². The van der Waals surface area contributed by atoms with Gasteiger partial charge < -0.3 is 34.7 Å². The molecule has 3 aromatic carbocycles. The maximum absolute atomic E-state index is 13.9. The van der Waals surface area contributed by atoms with E-state index >= 15 is 0 Å². The van der Waals surface area contributed by atoms with Crippen LogP contribution in [0.15, 0.2) is 48.5 Å². The Labute approximate surface area is 293 Å². The van der Waals surface area contributed by atoms with E-state index in [-0.39, 0.29) is 35.4 Å². The number of rotatable bonds is 14. The molecule has 4 aromatic rings.